The van der Waals surface area contributed by atoms with Crippen LogP contribution in [0.3, 0.4) is 0 Å². The number of pyridine rings is 1. The van der Waals surface area contributed by atoms with Gasteiger partial charge in [0, 0.05) is 18.3 Å². The van der Waals surface area contributed by atoms with Crippen molar-refractivity contribution in [2.45, 2.75) is 38.6 Å². The van der Waals surface area contributed by atoms with Crippen molar-refractivity contribution in [1.29, 1.82) is 0 Å². The molecule has 29 heavy (non-hydrogen) atoms. The second-order valence-corrected chi connectivity index (χ2v) is 6.99. The summed E-state index contributed by atoms with van der Waals surface area (Å²) in [5.41, 5.74) is 1.18. The summed E-state index contributed by atoms with van der Waals surface area (Å²) in [6, 6.07) is 11.5. The van der Waals surface area contributed by atoms with Crippen LogP contribution in [0, 0.1) is 0 Å². The minimum absolute atomic E-state index is 0.140. The lowest BCUT2D eigenvalue weighted by molar-refractivity contribution is 0.0593. The van der Waals surface area contributed by atoms with Gasteiger partial charge in [0.1, 0.15) is 11.4 Å². The third-order valence-electron chi connectivity index (χ3n) is 5.10. The van der Waals surface area contributed by atoms with Crippen LogP contribution in [0.25, 0.3) is 0 Å². The number of aromatic nitrogens is 1. The third-order valence-corrected chi connectivity index (χ3v) is 5.10. The molecule has 1 aromatic carbocycles. The fourth-order valence-corrected chi connectivity index (χ4v) is 3.56. The number of anilines is 1. The third kappa shape index (κ3) is 4.80. The summed E-state index contributed by atoms with van der Waals surface area (Å²) in [5.74, 6) is -1.08. The van der Waals surface area contributed by atoms with Crippen molar-refractivity contribution in [1.82, 2.24) is 9.88 Å². The van der Waals surface area contributed by atoms with Crippen molar-refractivity contribution in [3.05, 3.63) is 59.4 Å². The van der Waals surface area contributed by atoms with Crippen molar-refractivity contribution < 1.29 is 19.1 Å². The van der Waals surface area contributed by atoms with Crippen LogP contribution in [0.1, 0.15) is 63.9 Å². The van der Waals surface area contributed by atoms with Gasteiger partial charge in [0.05, 0.1) is 12.7 Å². The van der Waals surface area contributed by atoms with Crippen LogP contribution >= 0.6 is 0 Å². The number of methoxy groups -OCH3 is 1. The van der Waals surface area contributed by atoms with E-state index in [1.165, 1.54) is 13.2 Å². The molecular formula is C22H25N3O4. The van der Waals surface area contributed by atoms with E-state index >= 15 is 0 Å². The predicted molar refractivity (Wildman–Crippen MR) is 109 cm³/mol. The lowest BCUT2D eigenvalue weighted by Gasteiger charge is -2.35. The van der Waals surface area contributed by atoms with E-state index in [2.05, 4.69) is 17.2 Å². The van der Waals surface area contributed by atoms with E-state index < -0.39 is 11.9 Å². The minimum Gasteiger partial charge on any atom is -0.465 e. The predicted octanol–water partition coefficient (Wildman–Crippen LogP) is 3.53. The number of hydrogen-bond donors (Lipinski definition) is 1. The van der Waals surface area contributed by atoms with E-state index in [0.717, 1.165) is 32.2 Å². The van der Waals surface area contributed by atoms with Crippen molar-refractivity contribution in [2.24, 2.45) is 0 Å². The van der Waals surface area contributed by atoms with Gasteiger partial charge in [0.2, 0.25) is 0 Å². The molecule has 0 spiro atoms. The normalized spacial score (nSPS) is 16.2. The van der Waals surface area contributed by atoms with Crippen molar-refractivity contribution in [3.8, 4) is 0 Å². The Morgan fingerprint density at radius 3 is 2.66 bits per heavy atom. The summed E-state index contributed by atoms with van der Waals surface area (Å²) in [6.45, 7) is 2.80. The number of nitrogens with one attached hydrogen (secondary N) is 1. The number of carbonyl (C=O) groups is 3. The summed E-state index contributed by atoms with van der Waals surface area (Å²) in [5, 5.41) is 2.71. The zero-order chi connectivity index (χ0) is 20.8. The number of benzene rings is 1. The smallest absolute Gasteiger partial charge is 0.337 e. The van der Waals surface area contributed by atoms with E-state index in [-0.39, 0.29) is 23.3 Å². The maximum absolute atomic E-state index is 12.9. The molecular weight excluding hydrogens is 370 g/mol. The Hall–Kier alpha value is -3.22. The topological polar surface area (TPSA) is 88.6 Å². The molecule has 0 saturated carbocycles. The highest BCUT2D eigenvalue weighted by atomic mass is 16.5. The van der Waals surface area contributed by atoms with Crippen LogP contribution in [0.4, 0.5) is 5.69 Å². The second-order valence-electron chi connectivity index (χ2n) is 6.99. The van der Waals surface area contributed by atoms with Crippen LogP contribution in [0.2, 0.25) is 0 Å². The molecule has 1 aliphatic heterocycles. The number of ether oxygens (including phenoxy) is 1. The summed E-state index contributed by atoms with van der Waals surface area (Å²) in [4.78, 5) is 43.4. The monoisotopic (exact) mass is 395 g/mol. The molecule has 2 amide bonds. The number of nitrogens with zero attached hydrogens (tertiary/aromatic N) is 2. The quantitative estimate of drug-likeness (QED) is 0.783. The van der Waals surface area contributed by atoms with Crippen molar-refractivity contribution in [2.75, 3.05) is 19.0 Å². The van der Waals surface area contributed by atoms with Crippen molar-refractivity contribution in [3.63, 3.8) is 0 Å². The first-order valence-electron chi connectivity index (χ1n) is 9.81. The van der Waals surface area contributed by atoms with Crippen molar-refractivity contribution >= 4 is 23.5 Å². The molecule has 0 aliphatic carbocycles. The molecule has 1 atom stereocenters. The Morgan fingerprint density at radius 2 is 1.90 bits per heavy atom. The standard InChI is InChI=1S/C22H25N3O4/c1-3-17-10-4-5-13-25(17)21(27)19-12-7-11-18(24-19)20(26)23-16-9-6-8-15(14-16)22(28)29-2/h6-9,11-12,14,17H,3-5,10,13H2,1-2H3,(H,23,26). The molecule has 1 unspecified atom stereocenters. The summed E-state index contributed by atoms with van der Waals surface area (Å²) in [6.07, 6.45) is 4.02. The Labute approximate surface area is 170 Å². The average Bonchev–Trinajstić information content (AvgIpc) is 2.78. The average molecular weight is 395 g/mol. The van der Waals surface area contributed by atoms with E-state index in [4.69, 9.17) is 4.74 Å². The van der Waals surface area contributed by atoms with Gasteiger partial charge in [0.15, 0.2) is 0 Å². The van der Waals surface area contributed by atoms with Crippen LogP contribution in [-0.2, 0) is 4.74 Å². The Kier molecular flexibility index (Phi) is 6.59. The second kappa shape index (κ2) is 9.32. The molecule has 2 aromatic rings. The first kappa shape index (κ1) is 20.5. The highest BCUT2D eigenvalue weighted by Gasteiger charge is 2.27. The van der Waals surface area contributed by atoms with Gasteiger partial charge in [0.25, 0.3) is 11.8 Å². The van der Waals surface area contributed by atoms with E-state index in [1.54, 1.807) is 36.4 Å². The molecule has 3 rings (SSSR count). The summed E-state index contributed by atoms with van der Waals surface area (Å²) < 4.78 is 4.69. The molecule has 1 aliphatic rings. The molecule has 0 bridgehead atoms. The highest BCUT2D eigenvalue weighted by Crippen LogP contribution is 2.21. The SMILES string of the molecule is CCC1CCCCN1C(=O)c1cccc(C(=O)Nc2cccc(C(=O)OC)c2)n1. The van der Waals surface area contributed by atoms with Gasteiger partial charge >= 0.3 is 5.97 Å². The fraction of sp³-hybridized carbons (Fsp3) is 0.364. The molecule has 7 heteroatoms. The van der Waals surface area contributed by atoms with Gasteiger partial charge in [-0.3, -0.25) is 9.59 Å². The number of rotatable bonds is 5. The van der Waals surface area contributed by atoms with Gasteiger partial charge < -0.3 is 15.0 Å². The van der Waals surface area contributed by atoms with Gasteiger partial charge in [-0.2, -0.15) is 0 Å². The molecule has 1 fully saturated rings. The number of carbonyl (C=O) groups excluding carboxylic acids is 3. The maximum atomic E-state index is 12.9. The number of hydrogen-bond acceptors (Lipinski definition) is 5. The van der Waals surface area contributed by atoms with Gasteiger partial charge in [-0.05, 0) is 56.0 Å². The van der Waals surface area contributed by atoms with E-state index in [0.29, 0.717) is 11.3 Å². The van der Waals surface area contributed by atoms with Gasteiger partial charge in [-0.1, -0.05) is 19.1 Å². The molecule has 7 nitrogen and oxygen atoms in total. The van der Waals surface area contributed by atoms with Crippen LogP contribution < -0.4 is 5.32 Å². The lowest BCUT2D eigenvalue weighted by Crippen LogP contribution is -2.43. The molecule has 1 N–H and O–H groups in total. The minimum atomic E-state index is -0.487. The van der Waals surface area contributed by atoms with Crippen LogP contribution in [-0.4, -0.2) is 47.4 Å². The molecule has 0 radical (unpaired) electrons. The number of piperidine rings is 1. The fourth-order valence-electron chi connectivity index (χ4n) is 3.56. The van der Waals surface area contributed by atoms with Gasteiger partial charge in [-0.15, -0.1) is 0 Å². The number of likely N-dealkylation sites (tertiary alicyclic amines) is 1. The number of esters is 1. The van der Waals surface area contributed by atoms with E-state index in [9.17, 15) is 14.4 Å². The van der Waals surface area contributed by atoms with Crippen LogP contribution in [0.15, 0.2) is 42.5 Å². The first-order chi connectivity index (χ1) is 14.0. The maximum Gasteiger partial charge on any atom is 0.337 e. The molecule has 152 valence electrons. The molecule has 1 saturated heterocycles. The molecule has 2 heterocycles. The molecule has 1 aromatic heterocycles. The number of amides is 2. The van der Waals surface area contributed by atoms with E-state index in [1.807, 2.05) is 4.90 Å². The zero-order valence-corrected chi connectivity index (χ0v) is 16.7. The highest BCUT2D eigenvalue weighted by molar-refractivity contribution is 6.04. The Morgan fingerprint density at radius 1 is 1.14 bits per heavy atom. The summed E-state index contributed by atoms with van der Waals surface area (Å²) in [7, 11) is 1.30. The largest absolute Gasteiger partial charge is 0.465 e. The summed E-state index contributed by atoms with van der Waals surface area (Å²) >= 11 is 0. The lowest BCUT2D eigenvalue weighted by atomic mass is 9.99. The first-order valence-corrected chi connectivity index (χ1v) is 9.81. The Balaban J connectivity index is 1.76. The van der Waals surface area contributed by atoms with Crippen LogP contribution in [0.5, 0.6) is 0 Å². The van der Waals surface area contributed by atoms with Gasteiger partial charge in [-0.25, -0.2) is 9.78 Å². The zero-order valence-electron chi connectivity index (χ0n) is 16.7. The Bertz CT molecular complexity index is 912.